The van der Waals surface area contributed by atoms with Gasteiger partial charge in [-0.15, -0.1) is 0 Å². The largest absolute Gasteiger partial charge is 0.329 e. The third-order valence-corrected chi connectivity index (χ3v) is 5.22. The maximum Gasteiger partial charge on any atom is 0.250 e. The van der Waals surface area contributed by atoms with E-state index in [-0.39, 0.29) is 17.9 Å². The number of benzene rings is 1. The number of rotatable bonds is 1. The third-order valence-electron chi connectivity index (χ3n) is 3.98. The van der Waals surface area contributed by atoms with Gasteiger partial charge in [-0.05, 0) is 53.9 Å². The van der Waals surface area contributed by atoms with Gasteiger partial charge in [0.25, 0.3) is 5.91 Å². The van der Waals surface area contributed by atoms with Gasteiger partial charge in [0.1, 0.15) is 12.1 Å². The molecule has 2 unspecified atom stereocenters. The van der Waals surface area contributed by atoms with Crippen LogP contribution in [0.1, 0.15) is 19.8 Å². The van der Waals surface area contributed by atoms with Gasteiger partial charge in [0, 0.05) is 16.7 Å². The molecule has 20 heavy (non-hydrogen) atoms. The lowest BCUT2D eigenvalue weighted by atomic mass is 10.1. The molecule has 0 radical (unpaired) electrons. The quantitative estimate of drug-likeness (QED) is 0.775. The molecule has 0 bridgehead atoms. The fraction of sp³-hybridized carbons (Fsp3) is 0.429. The summed E-state index contributed by atoms with van der Waals surface area (Å²) in [6, 6.07) is 4.54. The van der Waals surface area contributed by atoms with E-state index in [4.69, 9.17) is 11.6 Å². The van der Waals surface area contributed by atoms with Crippen molar-refractivity contribution in [1.29, 1.82) is 0 Å². The minimum absolute atomic E-state index is 0.00649. The molecule has 2 atom stereocenters. The van der Waals surface area contributed by atoms with Crippen LogP contribution in [0.15, 0.2) is 22.7 Å². The zero-order valence-corrected chi connectivity index (χ0v) is 13.3. The van der Waals surface area contributed by atoms with Gasteiger partial charge in [-0.1, -0.05) is 11.6 Å². The van der Waals surface area contributed by atoms with Crippen molar-refractivity contribution in [1.82, 2.24) is 4.90 Å². The molecule has 1 aromatic rings. The van der Waals surface area contributed by atoms with E-state index in [0.717, 1.165) is 17.3 Å². The predicted octanol–water partition coefficient (Wildman–Crippen LogP) is 2.83. The Hall–Kier alpha value is -1.07. The lowest BCUT2D eigenvalue weighted by Gasteiger charge is -2.40. The molecule has 0 spiro atoms. The van der Waals surface area contributed by atoms with Crippen LogP contribution in [-0.4, -0.2) is 35.3 Å². The van der Waals surface area contributed by atoms with Gasteiger partial charge in [-0.25, -0.2) is 0 Å². The number of amides is 2. The second-order valence-corrected chi connectivity index (χ2v) is 6.43. The smallest absolute Gasteiger partial charge is 0.250 e. The highest BCUT2D eigenvalue weighted by atomic mass is 79.9. The van der Waals surface area contributed by atoms with Crippen LogP contribution in [0.5, 0.6) is 0 Å². The molecule has 0 aliphatic carbocycles. The number of hydrogen-bond acceptors (Lipinski definition) is 2. The van der Waals surface area contributed by atoms with Crippen LogP contribution >= 0.6 is 27.5 Å². The zero-order chi connectivity index (χ0) is 14.4. The van der Waals surface area contributed by atoms with Gasteiger partial charge >= 0.3 is 0 Å². The minimum Gasteiger partial charge on any atom is -0.329 e. The maximum absolute atomic E-state index is 12.6. The normalized spacial score (nSPS) is 26.1. The van der Waals surface area contributed by atoms with Crippen LogP contribution in [0.3, 0.4) is 0 Å². The van der Waals surface area contributed by atoms with Gasteiger partial charge < -0.3 is 4.90 Å². The van der Waals surface area contributed by atoms with E-state index in [1.54, 1.807) is 28.9 Å². The Morgan fingerprint density at radius 1 is 1.30 bits per heavy atom. The fourth-order valence-corrected chi connectivity index (χ4v) is 3.40. The van der Waals surface area contributed by atoms with Crippen LogP contribution in [0.2, 0.25) is 5.02 Å². The van der Waals surface area contributed by atoms with E-state index in [2.05, 4.69) is 15.9 Å². The molecule has 2 saturated heterocycles. The highest BCUT2D eigenvalue weighted by Crippen LogP contribution is 2.33. The monoisotopic (exact) mass is 356 g/mol. The van der Waals surface area contributed by atoms with Crippen LogP contribution in [0, 0.1) is 0 Å². The van der Waals surface area contributed by atoms with Crippen molar-refractivity contribution in [2.24, 2.45) is 0 Å². The molecule has 0 N–H and O–H groups in total. The summed E-state index contributed by atoms with van der Waals surface area (Å²) in [6.07, 6.45) is 1.64. The molecular formula is C14H14BrClN2O2. The van der Waals surface area contributed by atoms with E-state index < -0.39 is 6.04 Å². The van der Waals surface area contributed by atoms with E-state index in [1.165, 1.54) is 0 Å². The highest BCUT2D eigenvalue weighted by molar-refractivity contribution is 9.10. The van der Waals surface area contributed by atoms with Crippen molar-refractivity contribution in [3.05, 3.63) is 27.7 Å². The van der Waals surface area contributed by atoms with Crippen molar-refractivity contribution in [3.63, 3.8) is 0 Å². The van der Waals surface area contributed by atoms with Crippen molar-refractivity contribution >= 4 is 45.0 Å². The zero-order valence-electron chi connectivity index (χ0n) is 11.0. The van der Waals surface area contributed by atoms with Gasteiger partial charge in [0.2, 0.25) is 5.91 Å². The number of carbonyl (C=O) groups excluding carboxylic acids is 2. The number of nitrogens with zero attached hydrogens (tertiary/aromatic N) is 2. The van der Waals surface area contributed by atoms with Crippen molar-refractivity contribution in [2.75, 3.05) is 11.4 Å². The summed E-state index contributed by atoms with van der Waals surface area (Å²) in [4.78, 5) is 28.3. The highest BCUT2D eigenvalue weighted by Gasteiger charge is 2.46. The number of carbonyl (C=O) groups is 2. The standard InChI is InChI=1S/C14H14BrClN2O2/c1-8-13(19)17-6-2-3-12(17)14(20)18(8)9-4-5-10(15)11(16)7-9/h4-5,7-8,12H,2-3,6H2,1H3. The number of piperazine rings is 1. The maximum atomic E-state index is 12.6. The van der Waals surface area contributed by atoms with E-state index in [0.29, 0.717) is 17.3 Å². The first-order valence-electron chi connectivity index (χ1n) is 6.59. The summed E-state index contributed by atoms with van der Waals surface area (Å²) < 4.78 is 0.772. The third kappa shape index (κ3) is 2.04. The lowest BCUT2D eigenvalue weighted by molar-refractivity contribution is -0.143. The molecular weight excluding hydrogens is 344 g/mol. The first-order valence-corrected chi connectivity index (χ1v) is 7.76. The number of halogens is 2. The Balaban J connectivity index is 2.01. The SMILES string of the molecule is CC1C(=O)N2CCCC2C(=O)N1c1ccc(Br)c(Cl)c1. The minimum atomic E-state index is -0.478. The summed E-state index contributed by atoms with van der Waals surface area (Å²) in [5.41, 5.74) is 0.676. The Morgan fingerprint density at radius 2 is 2.05 bits per heavy atom. The summed E-state index contributed by atoms with van der Waals surface area (Å²) in [7, 11) is 0. The summed E-state index contributed by atoms with van der Waals surface area (Å²) in [5.74, 6) is 0.0131. The summed E-state index contributed by atoms with van der Waals surface area (Å²) in [6.45, 7) is 2.46. The van der Waals surface area contributed by atoms with E-state index in [1.807, 2.05) is 6.07 Å². The molecule has 2 aliphatic heterocycles. The Bertz CT molecular complexity index is 593. The van der Waals surface area contributed by atoms with Crippen molar-refractivity contribution in [3.8, 4) is 0 Å². The first kappa shape index (κ1) is 13.9. The van der Waals surface area contributed by atoms with Crippen LogP contribution in [-0.2, 0) is 9.59 Å². The lowest BCUT2D eigenvalue weighted by Crippen LogP contribution is -2.62. The molecule has 106 valence electrons. The second kappa shape index (κ2) is 5.04. The molecule has 2 amide bonds. The van der Waals surface area contributed by atoms with Crippen molar-refractivity contribution < 1.29 is 9.59 Å². The average molecular weight is 358 g/mol. The van der Waals surface area contributed by atoms with Gasteiger partial charge in [0.05, 0.1) is 5.02 Å². The topological polar surface area (TPSA) is 40.6 Å². The summed E-state index contributed by atoms with van der Waals surface area (Å²) >= 11 is 9.43. The Morgan fingerprint density at radius 3 is 2.75 bits per heavy atom. The predicted molar refractivity (Wildman–Crippen MR) is 80.8 cm³/mol. The number of hydrogen-bond donors (Lipinski definition) is 0. The average Bonchev–Trinajstić information content (AvgIpc) is 2.90. The van der Waals surface area contributed by atoms with E-state index in [9.17, 15) is 9.59 Å². The molecule has 2 fully saturated rings. The van der Waals surface area contributed by atoms with Gasteiger partial charge in [-0.2, -0.15) is 0 Å². The Labute approximate surface area is 130 Å². The molecule has 0 saturated carbocycles. The first-order chi connectivity index (χ1) is 9.50. The van der Waals surface area contributed by atoms with Crippen LogP contribution in [0.25, 0.3) is 0 Å². The molecule has 3 rings (SSSR count). The molecule has 6 heteroatoms. The number of fused-ring (bicyclic) bond motifs is 1. The number of anilines is 1. The fourth-order valence-electron chi connectivity index (χ4n) is 2.97. The van der Waals surface area contributed by atoms with Gasteiger partial charge in [-0.3, -0.25) is 14.5 Å². The Kier molecular flexibility index (Phi) is 3.50. The molecule has 0 aromatic heterocycles. The summed E-state index contributed by atoms with van der Waals surface area (Å²) in [5, 5.41) is 0.531. The van der Waals surface area contributed by atoms with E-state index >= 15 is 0 Å². The molecule has 2 heterocycles. The molecule has 4 nitrogen and oxygen atoms in total. The molecule has 1 aromatic carbocycles. The van der Waals surface area contributed by atoms with Gasteiger partial charge in [0.15, 0.2) is 0 Å². The van der Waals surface area contributed by atoms with Crippen molar-refractivity contribution in [2.45, 2.75) is 31.8 Å². The van der Waals surface area contributed by atoms with Crippen LogP contribution < -0.4 is 4.90 Å². The van der Waals surface area contributed by atoms with Crippen LogP contribution in [0.4, 0.5) is 5.69 Å². The second-order valence-electron chi connectivity index (χ2n) is 5.17. The molecule has 2 aliphatic rings.